The first-order valence-electron chi connectivity index (χ1n) is 10.7. The van der Waals surface area contributed by atoms with Crippen LogP contribution >= 0.6 is 0 Å². The minimum atomic E-state index is -0.620. The summed E-state index contributed by atoms with van der Waals surface area (Å²) in [6, 6.07) is 21.4. The third kappa shape index (κ3) is 3.17. The molecular weight excluding hydrogens is 432 g/mol. The van der Waals surface area contributed by atoms with Gasteiger partial charge in [-0.2, -0.15) is 4.98 Å². The number of hydrogen-bond acceptors (Lipinski definition) is 6. The minimum absolute atomic E-state index is 0.0325. The van der Waals surface area contributed by atoms with Crippen molar-refractivity contribution >= 4 is 11.0 Å². The van der Waals surface area contributed by atoms with E-state index in [4.69, 9.17) is 9.15 Å². The summed E-state index contributed by atoms with van der Waals surface area (Å²) in [6.45, 7) is 1.99. The van der Waals surface area contributed by atoms with Gasteiger partial charge in [0.2, 0.25) is 5.88 Å². The molecule has 3 heterocycles. The quantitative estimate of drug-likeness (QED) is 0.366. The van der Waals surface area contributed by atoms with E-state index < -0.39 is 17.1 Å². The Kier molecular flexibility index (Phi) is 4.38. The molecule has 0 saturated heterocycles. The fourth-order valence-corrected chi connectivity index (χ4v) is 4.36. The minimum Gasteiger partial charge on any atom is -0.508 e. The standard InChI is InChI=1S/C27H18N2O5/c1-14-6-8-15(9-7-14)22-18-11-10-17(30)13-21(18)33-26-23(22)25(31)28-24(29-26)19-12-16-4-2-3-5-20(16)34-27(19)32/h2-13,22,30H,1H3,(H,28,29,31). The zero-order chi connectivity index (χ0) is 23.4. The van der Waals surface area contributed by atoms with Crippen molar-refractivity contribution in [2.45, 2.75) is 12.8 Å². The first kappa shape index (κ1) is 20.0. The number of H-pyrrole nitrogens is 1. The van der Waals surface area contributed by atoms with Crippen LogP contribution in [0.4, 0.5) is 0 Å². The highest BCUT2D eigenvalue weighted by Gasteiger charge is 2.33. The van der Waals surface area contributed by atoms with Gasteiger partial charge in [0, 0.05) is 22.9 Å². The van der Waals surface area contributed by atoms with Crippen LogP contribution in [0.1, 0.15) is 28.2 Å². The highest BCUT2D eigenvalue weighted by Crippen LogP contribution is 2.46. The Labute approximate surface area is 192 Å². The van der Waals surface area contributed by atoms with Crippen LogP contribution in [0.3, 0.4) is 0 Å². The lowest BCUT2D eigenvalue weighted by Gasteiger charge is -2.27. The van der Waals surface area contributed by atoms with Gasteiger partial charge in [0.15, 0.2) is 5.82 Å². The van der Waals surface area contributed by atoms with Crippen molar-refractivity contribution in [2.24, 2.45) is 0 Å². The maximum Gasteiger partial charge on any atom is 0.347 e. The van der Waals surface area contributed by atoms with E-state index >= 15 is 0 Å². The molecule has 1 aliphatic heterocycles. The van der Waals surface area contributed by atoms with Crippen LogP contribution in [-0.4, -0.2) is 15.1 Å². The predicted octanol–water partition coefficient (Wildman–Crippen LogP) is 4.84. The SMILES string of the molecule is Cc1ccc(C2c3ccc(O)cc3Oc3nc(-c4cc5ccccc5oc4=O)[nH]c(=O)c32)cc1. The van der Waals surface area contributed by atoms with Gasteiger partial charge in [-0.3, -0.25) is 4.79 Å². The Balaban J connectivity index is 1.58. The highest BCUT2D eigenvalue weighted by atomic mass is 16.5. The normalized spacial score (nSPS) is 14.3. The number of hydrogen-bond donors (Lipinski definition) is 2. The van der Waals surface area contributed by atoms with Crippen LogP contribution in [0.5, 0.6) is 17.4 Å². The molecule has 0 radical (unpaired) electrons. The van der Waals surface area contributed by atoms with Crippen molar-refractivity contribution in [1.29, 1.82) is 0 Å². The molecular formula is C27H18N2O5. The smallest absolute Gasteiger partial charge is 0.347 e. The fraction of sp³-hybridized carbons (Fsp3) is 0.0741. The molecule has 1 unspecified atom stereocenters. The average Bonchev–Trinajstić information content (AvgIpc) is 2.82. The number of aromatic amines is 1. The number of ether oxygens (including phenoxy) is 1. The first-order chi connectivity index (χ1) is 16.5. The number of fused-ring (bicyclic) bond motifs is 3. The summed E-state index contributed by atoms with van der Waals surface area (Å²) in [7, 11) is 0. The second-order valence-electron chi connectivity index (χ2n) is 8.29. The van der Waals surface area contributed by atoms with Crippen molar-refractivity contribution in [1.82, 2.24) is 9.97 Å². The van der Waals surface area contributed by atoms with E-state index in [0.29, 0.717) is 22.3 Å². The van der Waals surface area contributed by atoms with Gasteiger partial charge < -0.3 is 19.2 Å². The molecule has 7 heteroatoms. The molecule has 6 rings (SSSR count). The summed E-state index contributed by atoms with van der Waals surface area (Å²) in [6.07, 6.45) is 0. The zero-order valence-electron chi connectivity index (χ0n) is 18.0. The van der Waals surface area contributed by atoms with E-state index in [1.807, 2.05) is 37.3 Å². The molecule has 1 atom stereocenters. The highest BCUT2D eigenvalue weighted by molar-refractivity contribution is 5.80. The number of aryl methyl sites for hydroxylation is 1. The molecule has 0 amide bonds. The molecule has 1 aliphatic rings. The summed E-state index contributed by atoms with van der Waals surface area (Å²) in [4.78, 5) is 33.3. The maximum atomic E-state index is 13.4. The average molecular weight is 450 g/mol. The van der Waals surface area contributed by atoms with Crippen LogP contribution in [0, 0.1) is 6.92 Å². The fourth-order valence-electron chi connectivity index (χ4n) is 4.36. The summed E-state index contributed by atoms with van der Waals surface area (Å²) in [5.74, 6) is 0.0977. The number of benzene rings is 3. The number of nitrogens with one attached hydrogen (secondary N) is 1. The van der Waals surface area contributed by atoms with E-state index in [1.165, 1.54) is 6.07 Å². The second kappa shape index (κ2) is 7.45. The number of rotatable bonds is 2. The number of phenolic OH excluding ortho intramolecular Hbond substituents is 1. The topological polar surface area (TPSA) is 105 Å². The zero-order valence-corrected chi connectivity index (χ0v) is 18.0. The van der Waals surface area contributed by atoms with E-state index in [-0.39, 0.29) is 23.0 Å². The molecule has 5 aromatic rings. The van der Waals surface area contributed by atoms with Crippen LogP contribution in [0.2, 0.25) is 0 Å². The second-order valence-corrected chi connectivity index (χ2v) is 8.29. The van der Waals surface area contributed by atoms with Crippen molar-refractivity contribution in [2.75, 3.05) is 0 Å². The van der Waals surface area contributed by atoms with Gasteiger partial charge >= 0.3 is 5.63 Å². The predicted molar refractivity (Wildman–Crippen MR) is 127 cm³/mol. The molecule has 0 spiro atoms. The van der Waals surface area contributed by atoms with Crippen molar-refractivity contribution in [3.63, 3.8) is 0 Å². The largest absolute Gasteiger partial charge is 0.508 e. The lowest BCUT2D eigenvalue weighted by molar-refractivity contribution is 0.421. The summed E-state index contributed by atoms with van der Waals surface area (Å²) < 4.78 is 11.4. The van der Waals surface area contributed by atoms with Crippen molar-refractivity contribution in [3.05, 3.63) is 116 Å². The molecule has 0 fully saturated rings. The Morgan fingerprint density at radius 3 is 2.59 bits per heavy atom. The Morgan fingerprint density at radius 2 is 1.76 bits per heavy atom. The number of aromatic hydroxyl groups is 1. The lowest BCUT2D eigenvalue weighted by atomic mass is 9.84. The lowest BCUT2D eigenvalue weighted by Crippen LogP contribution is -2.25. The van der Waals surface area contributed by atoms with Crippen LogP contribution < -0.4 is 15.9 Å². The number of para-hydroxylation sites is 1. The molecule has 0 bridgehead atoms. The number of nitrogens with zero attached hydrogens (tertiary/aromatic N) is 1. The summed E-state index contributed by atoms with van der Waals surface area (Å²) in [5.41, 5.74) is 2.56. The monoisotopic (exact) mass is 450 g/mol. The van der Waals surface area contributed by atoms with Gasteiger partial charge in [0.1, 0.15) is 22.6 Å². The van der Waals surface area contributed by atoms with Gasteiger partial charge in [-0.25, -0.2) is 4.79 Å². The van der Waals surface area contributed by atoms with Gasteiger partial charge in [-0.15, -0.1) is 0 Å². The molecule has 166 valence electrons. The van der Waals surface area contributed by atoms with Gasteiger partial charge in [-0.05, 0) is 30.7 Å². The van der Waals surface area contributed by atoms with Crippen LogP contribution in [0.15, 0.2) is 86.8 Å². The first-order valence-corrected chi connectivity index (χ1v) is 10.7. The van der Waals surface area contributed by atoms with Crippen molar-refractivity contribution in [3.8, 4) is 28.8 Å². The molecule has 3 aromatic carbocycles. The van der Waals surface area contributed by atoms with Crippen LogP contribution in [0.25, 0.3) is 22.4 Å². The van der Waals surface area contributed by atoms with Crippen LogP contribution in [-0.2, 0) is 0 Å². The summed E-state index contributed by atoms with van der Waals surface area (Å²) in [5, 5.41) is 10.7. The summed E-state index contributed by atoms with van der Waals surface area (Å²) >= 11 is 0. The maximum absolute atomic E-state index is 13.4. The molecule has 2 aromatic heterocycles. The Hall–Kier alpha value is -4.65. The number of aromatic nitrogens is 2. The third-order valence-corrected chi connectivity index (χ3v) is 6.03. The van der Waals surface area contributed by atoms with Gasteiger partial charge in [0.05, 0.1) is 5.56 Å². The Morgan fingerprint density at radius 1 is 0.971 bits per heavy atom. The molecule has 34 heavy (non-hydrogen) atoms. The Bertz CT molecular complexity index is 1700. The number of phenols is 1. The molecule has 2 N–H and O–H groups in total. The van der Waals surface area contributed by atoms with Gasteiger partial charge in [0.25, 0.3) is 5.56 Å². The molecule has 0 saturated carbocycles. The van der Waals surface area contributed by atoms with E-state index in [0.717, 1.165) is 16.7 Å². The molecule has 0 aliphatic carbocycles. The van der Waals surface area contributed by atoms with E-state index in [9.17, 15) is 14.7 Å². The molecule has 7 nitrogen and oxygen atoms in total. The third-order valence-electron chi connectivity index (χ3n) is 6.03. The van der Waals surface area contributed by atoms with Crippen molar-refractivity contribution < 1.29 is 14.3 Å². The van der Waals surface area contributed by atoms with E-state index in [1.54, 1.807) is 36.4 Å². The van der Waals surface area contributed by atoms with Gasteiger partial charge in [-0.1, -0.05) is 54.1 Å². The van der Waals surface area contributed by atoms with E-state index in [2.05, 4.69) is 9.97 Å².